The van der Waals surface area contributed by atoms with E-state index in [1.807, 2.05) is 92.7 Å². The zero-order valence-electron chi connectivity index (χ0n) is 26.7. The van der Waals surface area contributed by atoms with Gasteiger partial charge in [0.15, 0.2) is 0 Å². The number of methoxy groups -OCH3 is 1. The van der Waals surface area contributed by atoms with Crippen molar-refractivity contribution in [1.29, 1.82) is 0 Å². The Morgan fingerprint density at radius 3 is 2.10 bits per heavy atom. The first-order valence-electron chi connectivity index (χ1n) is 15.4. The van der Waals surface area contributed by atoms with Gasteiger partial charge < -0.3 is 24.8 Å². The molecule has 0 saturated heterocycles. The Hall–Kier alpha value is -5.60. The van der Waals surface area contributed by atoms with Gasteiger partial charge in [0.1, 0.15) is 23.3 Å². The number of rotatable bonds is 12. The van der Waals surface area contributed by atoms with Gasteiger partial charge in [0, 0.05) is 22.6 Å². The molecule has 2 N–H and O–H groups in total. The molecule has 0 spiro atoms. The highest BCUT2D eigenvalue weighted by atomic mass is 35.5. The number of benzene rings is 5. The molecule has 0 aromatic heterocycles. The van der Waals surface area contributed by atoms with Gasteiger partial charge in [-0.2, -0.15) is 0 Å². The van der Waals surface area contributed by atoms with Gasteiger partial charge in [0.2, 0.25) is 0 Å². The Morgan fingerprint density at radius 1 is 0.750 bits per heavy atom. The maximum Gasteiger partial charge on any atom is 0.328 e. The average molecular weight is 663 g/mol. The fraction of sp³-hybridized carbons (Fsp3) is 0.154. The van der Waals surface area contributed by atoms with Crippen molar-refractivity contribution in [3.8, 4) is 28.4 Å². The number of carbonyl (C=O) groups is 3. The monoisotopic (exact) mass is 662 g/mol. The second-order valence-corrected chi connectivity index (χ2v) is 11.6. The highest BCUT2D eigenvalue weighted by Crippen LogP contribution is 2.31. The van der Waals surface area contributed by atoms with Gasteiger partial charge >= 0.3 is 5.97 Å². The lowest BCUT2D eigenvalue weighted by atomic mass is 9.99. The van der Waals surface area contributed by atoms with Crippen LogP contribution in [0.1, 0.15) is 40.1 Å². The molecule has 5 rings (SSSR count). The SMILES string of the molecule is COC(=O)[C@H](Cc1ccc(-c2ccccc2OC(C)C)cc1)NC(=O)c1cc(Cl)ccc1NC(=O)c1ccc(Oc2ccccc2)cc1. The number of anilines is 1. The Kier molecular flexibility index (Phi) is 11.1. The van der Waals surface area contributed by atoms with E-state index in [2.05, 4.69) is 10.6 Å². The molecule has 5 aromatic carbocycles. The second-order valence-electron chi connectivity index (χ2n) is 11.2. The lowest BCUT2D eigenvalue weighted by Gasteiger charge is -2.19. The van der Waals surface area contributed by atoms with Crippen molar-refractivity contribution < 1.29 is 28.6 Å². The minimum Gasteiger partial charge on any atom is -0.490 e. The summed E-state index contributed by atoms with van der Waals surface area (Å²) in [7, 11) is 1.26. The van der Waals surface area contributed by atoms with E-state index in [-0.39, 0.29) is 28.8 Å². The summed E-state index contributed by atoms with van der Waals surface area (Å²) in [6.45, 7) is 3.95. The molecule has 0 bridgehead atoms. The average Bonchev–Trinajstić information content (AvgIpc) is 3.09. The van der Waals surface area contributed by atoms with Crippen LogP contribution in [0.15, 0.2) is 121 Å². The zero-order chi connectivity index (χ0) is 34.0. The standard InChI is InChI=1S/C39H35ClN2O6/c1-25(2)47-36-12-8-7-11-32(36)27-15-13-26(14-16-27)23-35(39(45)46-3)42-38(44)33-24-29(40)19-22-34(33)41-37(43)28-17-20-31(21-18-28)48-30-9-5-4-6-10-30/h4-22,24-25,35H,23H2,1-3H3,(H,41,43)(H,42,44)/t35-/m0/s1. The van der Waals surface area contributed by atoms with E-state index in [0.717, 1.165) is 22.4 Å². The molecule has 1 atom stereocenters. The minimum absolute atomic E-state index is 0.0231. The molecule has 9 heteroatoms. The molecule has 0 fully saturated rings. The van der Waals surface area contributed by atoms with Crippen molar-refractivity contribution in [1.82, 2.24) is 5.32 Å². The maximum absolute atomic E-state index is 13.6. The lowest BCUT2D eigenvalue weighted by molar-refractivity contribution is -0.142. The van der Waals surface area contributed by atoms with Gasteiger partial charge in [-0.25, -0.2) is 4.79 Å². The molecule has 0 aliphatic carbocycles. The summed E-state index contributed by atoms with van der Waals surface area (Å²) in [5.41, 5.74) is 3.36. The zero-order valence-corrected chi connectivity index (χ0v) is 27.5. The molecule has 0 saturated carbocycles. The van der Waals surface area contributed by atoms with Crippen LogP contribution < -0.4 is 20.1 Å². The van der Waals surface area contributed by atoms with Crippen LogP contribution in [0, 0.1) is 0 Å². The molecule has 244 valence electrons. The van der Waals surface area contributed by atoms with Crippen LogP contribution >= 0.6 is 11.6 Å². The molecule has 5 aromatic rings. The fourth-order valence-corrected chi connectivity index (χ4v) is 5.17. The van der Waals surface area contributed by atoms with E-state index in [1.54, 1.807) is 30.3 Å². The Labute approximate surface area is 284 Å². The summed E-state index contributed by atoms with van der Waals surface area (Å²) in [5.74, 6) is 0.352. The van der Waals surface area contributed by atoms with Crippen molar-refractivity contribution in [3.63, 3.8) is 0 Å². The number of carbonyl (C=O) groups excluding carboxylic acids is 3. The van der Waals surface area contributed by atoms with Crippen LogP contribution in [-0.2, 0) is 16.0 Å². The van der Waals surface area contributed by atoms with Gasteiger partial charge in [-0.1, -0.05) is 72.3 Å². The topological polar surface area (TPSA) is 103 Å². The quantitative estimate of drug-likeness (QED) is 0.130. The summed E-state index contributed by atoms with van der Waals surface area (Å²) in [4.78, 5) is 39.6. The third-order valence-corrected chi connectivity index (χ3v) is 7.55. The molecular formula is C39H35ClN2O6. The summed E-state index contributed by atoms with van der Waals surface area (Å²) in [6.07, 6.45) is 0.192. The largest absolute Gasteiger partial charge is 0.490 e. The van der Waals surface area contributed by atoms with E-state index >= 15 is 0 Å². The molecule has 2 amide bonds. The van der Waals surface area contributed by atoms with Gasteiger partial charge in [0.05, 0.1) is 24.5 Å². The molecule has 48 heavy (non-hydrogen) atoms. The van der Waals surface area contributed by atoms with Crippen molar-refractivity contribution in [2.45, 2.75) is 32.4 Å². The van der Waals surface area contributed by atoms with Crippen LogP contribution in [0.5, 0.6) is 17.2 Å². The smallest absolute Gasteiger partial charge is 0.328 e. The fourth-order valence-electron chi connectivity index (χ4n) is 5.00. The van der Waals surface area contributed by atoms with Crippen LogP contribution in [0.4, 0.5) is 5.69 Å². The summed E-state index contributed by atoms with van der Waals surface area (Å²) >= 11 is 6.25. The van der Waals surface area contributed by atoms with Gasteiger partial charge in [0.25, 0.3) is 11.8 Å². The number of hydrogen-bond donors (Lipinski definition) is 2. The first-order valence-corrected chi connectivity index (χ1v) is 15.8. The van der Waals surface area contributed by atoms with Crippen molar-refractivity contribution in [2.75, 3.05) is 12.4 Å². The molecular weight excluding hydrogens is 628 g/mol. The number of halogens is 1. The Balaban J connectivity index is 1.29. The highest BCUT2D eigenvalue weighted by Gasteiger charge is 2.25. The maximum atomic E-state index is 13.6. The predicted molar refractivity (Wildman–Crippen MR) is 187 cm³/mol. The number of ether oxygens (including phenoxy) is 3. The summed E-state index contributed by atoms with van der Waals surface area (Å²) < 4.78 is 16.8. The van der Waals surface area contributed by atoms with Crippen molar-refractivity contribution >= 4 is 35.1 Å². The van der Waals surface area contributed by atoms with Gasteiger partial charge in [-0.05, 0) is 85.6 Å². The molecule has 0 heterocycles. The number of amides is 2. The molecule has 0 aliphatic heterocycles. The van der Waals surface area contributed by atoms with Crippen LogP contribution in [0.25, 0.3) is 11.1 Å². The molecule has 0 aliphatic rings. The number of hydrogen-bond acceptors (Lipinski definition) is 6. The molecule has 0 radical (unpaired) electrons. The van der Waals surface area contributed by atoms with E-state index in [0.29, 0.717) is 17.1 Å². The first-order chi connectivity index (χ1) is 23.2. The van der Waals surface area contributed by atoms with E-state index < -0.39 is 23.8 Å². The Bertz CT molecular complexity index is 1880. The van der Waals surface area contributed by atoms with Crippen LogP contribution in [-0.4, -0.2) is 37.0 Å². The van der Waals surface area contributed by atoms with Crippen molar-refractivity contribution in [3.05, 3.63) is 143 Å². The number of nitrogens with one attached hydrogen (secondary N) is 2. The minimum atomic E-state index is -1.01. The van der Waals surface area contributed by atoms with Gasteiger partial charge in [-0.15, -0.1) is 0 Å². The highest BCUT2D eigenvalue weighted by molar-refractivity contribution is 6.31. The summed E-state index contributed by atoms with van der Waals surface area (Å²) in [5, 5.41) is 5.83. The third-order valence-electron chi connectivity index (χ3n) is 7.32. The second kappa shape index (κ2) is 15.8. The van der Waals surface area contributed by atoms with E-state index in [1.165, 1.54) is 19.2 Å². The van der Waals surface area contributed by atoms with Crippen molar-refractivity contribution in [2.24, 2.45) is 0 Å². The molecule has 8 nitrogen and oxygen atoms in total. The van der Waals surface area contributed by atoms with Gasteiger partial charge in [-0.3, -0.25) is 9.59 Å². The number of esters is 1. The van der Waals surface area contributed by atoms with Crippen LogP contribution in [0.3, 0.4) is 0 Å². The lowest BCUT2D eigenvalue weighted by Crippen LogP contribution is -2.43. The van der Waals surface area contributed by atoms with E-state index in [9.17, 15) is 14.4 Å². The summed E-state index contributed by atoms with van der Waals surface area (Å²) in [6, 6.07) is 34.9. The first kappa shape index (κ1) is 33.8. The normalized spacial score (nSPS) is 11.4. The molecule has 0 unspecified atom stereocenters. The van der Waals surface area contributed by atoms with E-state index in [4.69, 9.17) is 25.8 Å². The predicted octanol–water partition coefficient (Wildman–Crippen LogP) is 8.35. The Morgan fingerprint density at radius 2 is 1.42 bits per heavy atom. The number of para-hydroxylation sites is 2. The van der Waals surface area contributed by atoms with Crippen LogP contribution in [0.2, 0.25) is 5.02 Å². The third kappa shape index (κ3) is 8.80.